The second-order valence-electron chi connectivity index (χ2n) is 6.68. The maximum absolute atomic E-state index is 6.44. The molecule has 3 nitrogen and oxygen atoms in total. The van der Waals surface area contributed by atoms with Crippen LogP contribution in [-0.2, 0) is 4.74 Å². The highest BCUT2D eigenvalue weighted by Crippen LogP contribution is 2.31. The molecule has 134 valence electrons. The molecule has 3 rings (SSSR count). The van der Waals surface area contributed by atoms with Gasteiger partial charge in [0.2, 0.25) is 0 Å². The lowest BCUT2D eigenvalue weighted by Gasteiger charge is -2.24. The van der Waals surface area contributed by atoms with E-state index in [0.717, 1.165) is 42.3 Å². The van der Waals surface area contributed by atoms with Gasteiger partial charge in [0.15, 0.2) is 0 Å². The maximum atomic E-state index is 6.44. The molecule has 1 aliphatic heterocycles. The number of nitrogens with zero attached hydrogens (tertiary/aromatic N) is 2. The van der Waals surface area contributed by atoms with E-state index in [4.69, 9.17) is 16.3 Å². The molecule has 1 atom stereocenters. The van der Waals surface area contributed by atoms with Crippen molar-refractivity contribution in [1.82, 2.24) is 9.80 Å². The first-order chi connectivity index (χ1) is 12.2. The minimum absolute atomic E-state index is 0.121. The average Bonchev–Trinajstić information content (AvgIpc) is 2.85. The molecule has 4 heteroatoms. The zero-order chi connectivity index (χ0) is 17.5. The highest BCUT2D eigenvalue weighted by Gasteiger charge is 2.18. The van der Waals surface area contributed by atoms with Crippen molar-refractivity contribution in [3.63, 3.8) is 0 Å². The van der Waals surface area contributed by atoms with Crippen molar-refractivity contribution in [3.8, 4) is 0 Å². The minimum Gasteiger partial charge on any atom is -0.367 e. The number of ether oxygens (including phenoxy) is 1. The van der Waals surface area contributed by atoms with Crippen molar-refractivity contribution in [2.75, 3.05) is 46.4 Å². The topological polar surface area (TPSA) is 15.7 Å². The third-order valence-electron chi connectivity index (χ3n) is 4.79. The monoisotopic (exact) mass is 358 g/mol. The van der Waals surface area contributed by atoms with Crippen LogP contribution >= 0.6 is 11.6 Å². The molecule has 1 heterocycles. The van der Waals surface area contributed by atoms with Crippen molar-refractivity contribution >= 4 is 11.6 Å². The first-order valence-corrected chi connectivity index (χ1v) is 9.44. The number of halogens is 1. The fourth-order valence-electron chi connectivity index (χ4n) is 3.30. The summed E-state index contributed by atoms with van der Waals surface area (Å²) in [6.45, 7) is 6.24. The predicted octanol–water partition coefficient (Wildman–Crippen LogP) is 4.08. The molecule has 0 radical (unpaired) electrons. The van der Waals surface area contributed by atoms with E-state index in [-0.39, 0.29) is 6.10 Å². The lowest BCUT2D eigenvalue weighted by molar-refractivity contribution is 0.0607. The number of rotatable bonds is 6. The lowest BCUT2D eigenvalue weighted by atomic mass is 10.0. The normalized spacial score (nSPS) is 18.0. The largest absolute Gasteiger partial charge is 0.367 e. The molecule has 0 aromatic heterocycles. The molecule has 0 saturated carbocycles. The highest BCUT2D eigenvalue weighted by molar-refractivity contribution is 6.31. The van der Waals surface area contributed by atoms with E-state index < -0.39 is 0 Å². The van der Waals surface area contributed by atoms with Gasteiger partial charge in [-0.25, -0.2) is 0 Å². The Kier molecular flexibility index (Phi) is 6.88. The SMILES string of the molecule is CN1CCCN(CCOC(c2ccccc2)c2ccccc2Cl)CC1. The van der Waals surface area contributed by atoms with Crippen LogP contribution in [-0.4, -0.2) is 56.2 Å². The maximum Gasteiger partial charge on any atom is 0.109 e. The molecule has 1 unspecified atom stereocenters. The summed E-state index contributed by atoms with van der Waals surface area (Å²) in [6.07, 6.45) is 1.10. The summed E-state index contributed by atoms with van der Waals surface area (Å²) in [6, 6.07) is 18.3. The lowest BCUT2D eigenvalue weighted by Crippen LogP contribution is -2.32. The molecular weight excluding hydrogens is 332 g/mol. The predicted molar refractivity (Wildman–Crippen MR) is 104 cm³/mol. The molecule has 0 spiro atoms. The Labute approximate surface area is 156 Å². The third-order valence-corrected chi connectivity index (χ3v) is 5.14. The molecule has 2 aromatic carbocycles. The standard InChI is InChI=1S/C21H27ClN2O/c1-23-12-7-13-24(15-14-23)16-17-25-21(18-8-3-2-4-9-18)19-10-5-6-11-20(19)22/h2-6,8-11,21H,7,12-17H2,1H3. The van der Waals surface area contributed by atoms with Gasteiger partial charge in [-0.2, -0.15) is 0 Å². The van der Waals surface area contributed by atoms with Gasteiger partial charge in [-0.3, -0.25) is 4.90 Å². The summed E-state index contributed by atoms with van der Waals surface area (Å²) in [5.74, 6) is 0. The van der Waals surface area contributed by atoms with Gasteiger partial charge >= 0.3 is 0 Å². The van der Waals surface area contributed by atoms with Crippen LogP contribution < -0.4 is 0 Å². The molecule has 1 aliphatic rings. The molecule has 1 fully saturated rings. The molecule has 0 amide bonds. The summed E-state index contributed by atoms with van der Waals surface area (Å²) < 4.78 is 6.33. The Morgan fingerprint density at radius 2 is 1.72 bits per heavy atom. The average molecular weight is 359 g/mol. The minimum atomic E-state index is -0.121. The van der Waals surface area contributed by atoms with Crippen LogP contribution in [0.15, 0.2) is 54.6 Å². The van der Waals surface area contributed by atoms with Crippen LogP contribution in [0.5, 0.6) is 0 Å². The Bertz CT molecular complexity index is 649. The molecule has 0 N–H and O–H groups in total. The Morgan fingerprint density at radius 3 is 2.52 bits per heavy atom. The van der Waals surface area contributed by atoms with E-state index in [2.05, 4.69) is 35.0 Å². The van der Waals surface area contributed by atoms with Crippen molar-refractivity contribution in [1.29, 1.82) is 0 Å². The first-order valence-electron chi connectivity index (χ1n) is 9.06. The van der Waals surface area contributed by atoms with E-state index in [0.29, 0.717) is 6.61 Å². The number of benzene rings is 2. The fourth-order valence-corrected chi connectivity index (χ4v) is 3.54. The third kappa shape index (κ3) is 5.29. The highest BCUT2D eigenvalue weighted by atomic mass is 35.5. The first kappa shape index (κ1) is 18.4. The molecule has 0 bridgehead atoms. The zero-order valence-corrected chi connectivity index (χ0v) is 15.7. The summed E-state index contributed by atoms with van der Waals surface area (Å²) in [5.41, 5.74) is 2.18. The molecular formula is C21H27ClN2O. The molecule has 2 aromatic rings. The van der Waals surface area contributed by atoms with Crippen LogP contribution in [0, 0.1) is 0 Å². The smallest absolute Gasteiger partial charge is 0.109 e. The van der Waals surface area contributed by atoms with Crippen LogP contribution in [0.25, 0.3) is 0 Å². The second-order valence-corrected chi connectivity index (χ2v) is 7.09. The quantitative estimate of drug-likeness (QED) is 0.773. The van der Waals surface area contributed by atoms with Gasteiger partial charge in [0.1, 0.15) is 6.10 Å². The van der Waals surface area contributed by atoms with Crippen molar-refractivity contribution in [2.24, 2.45) is 0 Å². The van der Waals surface area contributed by atoms with Crippen molar-refractivity contribution in [3.05, 3.63) is 70.7 Å². The van der Waals surface area contributed by atoms with Gasteiger partial charge < -0.3 is 9.64 Å². The van der Waals surface area contributed by atoms with Gasteiger partial charge in [-0.1, -0.05) is 60.1 Å². The number of likely N-dealkylation sites (N-methyl/N-ethyl adjacent to an activating group) is 1. The van der Waals surface area contributed by atoms with Crippen LogP contribution in [0.3, 0.4) is 0 Å². The van der Waals surface area contributed by atoms with Gasteiger partial charge in [0, 0.05) is 30.2 Å². The van der Waals surface area contributed by atoms with E-state index >= 15 is 0 Å². The van der Waals surface area contributed by atoms with Crippen LogP contribution in [0.2, 0.25) is 5.02 Å². The van der Waals surface area contributed by atoms with E-state index in [1.54, 1.807) is 0 Å². The number of hydrogen-bond acceptors (Lipinski definition) is 3. The molecule has 25 heavy (non-hydrogen) atoms. The van der Waals surface area contributed by atoms with Crippen LogP contribution in [0.1, 0.15) is 23.7 Å². The van der Waals surface area contributed by atoms with E-state index in [9.17, 15) is 0 Å². The van der Waals surface area contributed by atoms with Crippen molar-refractivity contribution in [2.45, 2.75) is 12.5 Å². The van der Waals surface area contributed by atoms with Crippen LogP contribution in [0.4, 0.5) is 0 Å². The van der Waals surface area contributed by atoms with Gasteiger partial charge in [0.05, 0.1) is 6.61 Å². The Hall–Kier alpha value is -1.39. The summed E-state index contributed by atoms with van der Waals surface area (Å²) in [4.78, 5) is 4.90. The summed E-state index contributed by atoms with van der Waals surface area (Å²) in [7, 11) is 2.20. The molecule has 1 saturated heterocycles. The van der Waals surface area contributed by atoms with Gasteiger partial charge in [0.25, 0.3) is 0 Å². The summed E-state index contributed by atoms with van der Waals surface area (Å²) in [5, 5.41) is 0.757. The summed E-state index contributed by atoms with van der Waals surface area (Å²) >= 11 is 6.44. The number of hydrogen-bond donors (Lipinski definition) is 0. The zero-order valence-electron chi connectivity index (χ0n) is 14.9. The van der Waals surface area contributed by atoms with Gasteiger partial charge in [-0.05, 0) is 38.2 Å². The van der Waals surface area contributed by atoms with E-state index in [1.165, 1.54) is 13.0 Å². The fraction of sp³-hybridized carbons (Fsp3) is 0.429. The van der Waals surface area contributed by atoms with Crippen molar-refractivity contribution < 1.29 is 4.74 Å². The second kappa shape index (κ2) is 9.35. The van der Waals surface area contributed by atoms with E-state index in [1.807, 2.05) is 36.4 Å². The Morgan fingerprint density at radius 1 is 0.960 bits per heavy atom. The Balaban J connectivity index is 1.65. The van der Waals surface area contributed by atoms with Gasteiger partial charge in [-0.15, -0.1) is 0 Å². The molecule has 0 aliphatic carbocycles.